The summed E-state index contributed by atoms with van der Waals surface area (Å²) in [5.74, 6) is -0.000378. The monoisotopic (exact) mass is 358 g/mol. The average molecular weight is 358 g/mol. The largest absolute Gasteiger partial charge is 0.280 e. The summed E-state index contributed by atoms with van der Waals surface area (Å²) in [6, 6.07) is 9.85. The smallest absolute Gasteiger partial charge is 0.269 e. The summed E-state index contributed by atoms with van der Waals surface area (Å²) in [5, 5.41) is 18.4. The predicted molar refractivity (Wildman–Crippen MR) is 91.0 cm³/mol. The Morgan fingerprint density at radius 1 is 1.16 bits per heavy atom. The summed E-state index contributed by atoms with van der Waals surface area (Å²) in [7, 11) is -3.80. The molecular weight excluding hydrogens is 344 g/mol. The number of pyridine rings is 1. The summed E-state index contributed by atoms with van der Waals surface area (Å²) < 4.78 is 22.6. The molecule has 2 N–H and O–H groups in total. The van der Waals surface area contributed by atoms with E-state index >= 15 is 0 Å². The molecule has 0 saturated carbocycles. The molecule has 1 aliphatic heterocycles. The number of carbonyl (C=O) groups excluding carboxylic acids is 1. The molecule has 0 fully saturated rings. The molecule has 9 nitrogen and oxygen atoms in total. The van der Waals surface area contributed by atoms with Crippen molar-refractivity contribution in [2.75, 3.05) is 5.01 Å². The predicted octanol–water partition coefficient (Wildman–Crippen LogP) is 1.60. The number of anilines is 1. The van der Waals surface area contributed by atoms with E-state index in [0.29, 0.717) is 17.2 Å². The molecule has 2 heterocycles. The Morgan fingerprint density at radius 3 is 2.48 bits per heavy atom. The van der Waals surface area contributed by atoms with Crippen LogP contribution in [-0.2, 0) is 14.8 Å². The van der Waals surface area contributed by atoms with E-state index in [1.807, 2.05) is 0 Å². The van der Waals surface area contributed by atoms with Crippen molar-refractivity contribution < 1.29 is 13.2 Å². The Kier molecular flexibility index (Phi) is 4.38. The van der Waals surface area contributed by atoms with Crippen molar-refractivity contribution in [1.29, 1.82) is 0 Å². The van der Waals surface area contributed by atoms with Crippen LogP contribution < -0.4 is 10.1 Å². The van der Waals surface area contributed by atoms with Gasteiger partial charge in [0.2, 0.25) is 10.0 Å². The van der Waals surface area contributed by atoms with Gasteiger partial charge in [-0.15, -0.1) is 5.11 Å². The Balaban J connectivity index is 1.81. The Hall–Kier alpha value is -2.98. The number of amides is 1. The molecule has 128 valence electrons. The van der Waals surface area contributed by atoms with E-state index < -0.39 is 16.1 Å². The molecule has 1 aromatic carbocycles. The van der Waals surface area contributed by atoms with Crippen molar-refractivity contribution in [2.24, 2.45) is 20.5 Å². The van der Waals surface area contributed by atoms with Crippen molar-refractivity contribution in [3.8, 4) is 0 Å². The third-order valence-electron chi connectivity index (χ3n) is 3.43. The summed E-state index contributed by atoms with van der Waals surface area (Å²) >= 11 is 0. The summed E-state index contributed by atoms with van der Waals surface area (Å²) in [5.41, 5.74) is 0.882. The molecule has 1 unspecified atom stereocenters. The van der Waals surface area contributed by atoms with Crippen LogP contribution in [0.4, 0.5) is 11.5 Å². The van der Waals surface area contributed by atoms with E-state index in [1.54, 1.807) is 31.3 Å². The standard InChI is InChI=1S/C15H14N6O3S/c1-10-14(19-18-13-4-2-3-9-17-13)15(22)21(20-10)11-5-7-12(8-6-11)25(16,23)24/h2-9,14H,1H3,(H2,16,23,24)/b19-18+. The molecule has 1 amide bonds. The second kappa shape index (κ2) is 6.49. The second-order valence-electron chi connectivity index (χ2n) is 5.24. The van der Waals surface area contributed by atoms with Crippen molar-refractivity contribution in [1.82, 2.24) is 4.98 Å². The maximum atomic E-state index is 12.5. The molecule has 1 atom stereocenters. The Morgan fingerprint density at radius 2 is 1.88 bits per heavy atom. The highest BCUT2D eigenvalue weighted by molar-refractivity contribution is 7.89. The number of hydrogen-bond acceptors (Lipinski definition) is 7. The fourth-order valence-corrected chi connectivity index (χ4v) is 2.70. The van der Waals surface area contributed by atoms with Gasteiger partial charge in [-0.25, -0.2) is 18.5 Å². The number of hydrogen-bond donors (Lipinski definition) is 1. The van der Waals surface area contributed by atoms with Crippen LogP contribution in [0.15, 0.2) is 68.9 Å². The van der Waals surface area contributed by atoms with Crippen LogP contribution in [-0.4, -0.2) is 31.1 Å². The molecule has 25 heavy (non-hydrogen) atoms. The lowest BCUT2D eigenvalue weighted by atomic mass is 10.2. The third kappa shape index (κ3) is 3.59. The molecule has 0 bridgehead atoms. The van der Waals surface area contributed by atoms with Crippen LogP contribution in [0, 0.1) is 0 Å². The zero-order valence-corrected chi connectivity index (χ0v) is 14.0. The first-order valence-corrected chi connectivity index (χ1v) is 8.75. The summed E-state index contributed by atoms with van der Waals surface area (Å²) in [6.07, 6.45) is 1.57. The first-order chi connectivity index (χ1) is 11.9. The minimum Gasteiger partial charge on any atom is -0.269 e. The molecule has 0 saturated heterocycles. The SMILES string of the molecule is CC1=NN(c2ccc(S(N)(=O)=O)cc2)C(=O)C1/N=N/c1ccccn1. The van der Waals surface area contributed by atoms with Crippen molar-refractivity contribution in [2.45, 2.75) is 17.9 Å². The number of benzene rings is 1. The van der Waals surface area contributed by atoms with Crippen LogP contribution in [0.5, 0.6) is 0 Å². The van der Waals surface area contributed by atoms with Gasteiger partial charge >= 0.3 is 0 Å². The van der Waals surface area contributed by atoms with Crippen molar-refractivity contribution in [3.05, 3.63) is 48.7 Å². The van der Waals surface area contributed by atoms with Gasteiger partial charge in [0.15, 0.2) is 11.9 Å². The van der Waals surface area contributed by atoms with Gasteiger partial charge in [-0.1, -0.05) is 6.07 Å². The number of rotatable bonds is 4. The number of primary sulfonamides is 1. The number of nitrogens with two attached hydrogens (primary N) is 1. The molecule has 0 radical (unpaired) electrons. The molecule has 10 heteroatoms. The number of hydrazone groups is 1. The molecule has 0 spiro atoms. The van der Waals surface area contributed by atoms with E-state index in [1.165, 1.54) is 24.3 Å². The third-order valence-corrected chi connectivity index (χ3v) is 4.36. The Labute approximate surface area is 143 Å². The zero-order valence-electron chi connectivity index (χ0n) is 13.1. The topological polar surface area (TPSA) is 130 Å². The molecule has 2 aromatic rings. The fraction of sp³-hybridized carbons (Fsp3) is 0.133. The second-order valence-corrected chi connectivity index (χ2v) is 6.80. The van der Waals surface area contributed by atoms with E-state index in [2.05, 4.69) is 20.3 Å². The lowest BCUT2D eigenvalue weighted by molar-refractivity contribution is -0.117. The van der Waals surface area contributed by atoms with Crippen LogP contribution >= 0.6 is 0 Å². The number of aromatic nitrogens is 1. The van der Waals surface area contributed by atoms with Crippen LogP contribution in [0.3, 0.4) is 0 Å². The summed E-state index contributed by atoms with van der Waals surface area (Å²) in [4.78, 5) is 16.5. The van der Waals surface area contributed by atoms with Crippen molar-refractivity contribution in [3.63, 3.8) is 0 Å². The van der Waals surface area contributed by atoms with Gasteiger partial charge in [-0.05, 0) is 43.3 Å². The first kappa shape index (κ1) is 16.9. The molecule has 3 rings (SSSR count). The van der Waals surface area contributed by atoms with E-state index in [-0.39, 0.29) is 10.8 Å². The van der Waals surface area contributed by atoms with Crippen LogP contribution in [0.25, 0.3) is 0 Å². The summed E-state index contributed by atoms with van der Waals surface area (Å²) in [6.45, 7) is 1.67. The van der Waals surface area contributed by atoms with Gasteiger partial charge in [0.05, 0.1) is 16.3 Å². The number of carbonyl (C=O) groups is 1. The quantitative estimate of drug-likeness (QED) is 0.832. The van der Waals surface area contributed by atoms with Crippen molar-refractivity contribution >= 4 is 33.1 Å². The molecule has 1 aromatic heterocycles. The molecule has 1 aliphatic rings. The Bertz CT molecular complexity index is 955. The molecular formula is C15H14N6O3S. The van der Waals surface area contributed by atoms with Crippen LogP contribution in [0.2, 0.25) is 0 Å². The fourth-order valence-electron chi connectivity index (χ4n) is 2.18. The van der Waals surface area contributed by atoms with Gasteiger partial charge in [0.25, 0.3) is 5.91 Å². The minimum atomic E-state index is -3.80. The van der Waals surface area contributed by atoms with Gasteiger partial charge in [-0.3, -0.25) is 4.79 Å². The normalized spacial score (nSPS) is 18.0. The van der Waals surface area contributed by atoms with Gasteiger partial charge < -0.3 is 0 Å². The van der Waals surface area contributed by atoms with Gasteiger partial charge in [-0.2, -0.15) is 15.2 Å². The molecule has 0 aliphatic carbocycles. The van der Waals surface area contributed by atoms with Gasteiger partial charge in [0, 0.05) is 6.20 Å². The number of nitrogens with zero attached hydrogens (tertiary/aromatic N) is 5. The highest BCUT2D eigenvalue weighted by atomic mass is 32.2. The van der Waals surface area contributed by atoms with E-state index in [4.69, 9.17) is 5.14 Å². The lowest BCUT2D eigenvalue weighted by Gasteiger charge is -2.12. The van der Waals surface area contributed by atoms with Crippen LogP contribution in [0.1, 0.15) is 6.92 Å². The number of azo groups is 1. The highest BCUT2D eigenvalue weighted by Gasteiger charge is 2.34. The minimum absolute atomic E-state index is 0.0463. The maximum absolute atomic E-state index is 12.5. The lowest BCUT2D eigenvalue weighted by Crippen LogP contribution is -2.29. The highest BCUT2D eigenvalue weighted by Crippen LogP contribution is 2.24. The van der Waals surface area contributed by atoms with Gasteiger partial charge in [0.1, 0.15) is 0 Å². The average Bonchev–Trinajstić information content (AvgIpc) is 2.87. The zero-order chi connectivity index (χ0) is 18.0. The first-order valence-electron chi connectivity index (χ1n) is 7.20. The number of sulfonamides is 1. The van der Waals surface area contributed by atoms with E-state index in [0.717, 1.165) is 5.01 Å². The van der Waals surface area contributed by atoms with E-state index in [9.17, 15) is 13.2 Å². The maximum Gasteiger partial charge on any atom is 0.280 e.